The summed E-state index contributed by atoms with van der Waals surface area (Å²) < 4.78 is 7.11. The summed E-state index contributed by atoms with van der Waals surface area (Å²) in [6, 6.07) is 3.32. The molecule has 0 bridgehead atoms. The lowest BCUT2D eigenvalue weighted by Gasteiger charge is -2.35. The number of hydrogen-bond acceptors (Lipinski definition) is 5. The molecule has 2 saturated heterocycles. The SMILES string of the molecule is Cn1c([C@@H]2CCCN(CCN3CCOCC3)C2)nc2cc(Cl)c(Cl)cc2c1=O. The molecule has 0 N–H and O–H groups in total. The van der Waals surface area contributed by atoms with Gasteiger partial charge in [0.2, 0.25) is 0 Å². The Morgan fingerprint density at radius 2 is 1.82 bits per heavy atom. The highest BCUT2D eigenvalue weighted by molar-refractivity contribution is 6.42. The molecule has 0 unspecified atom stereocenters. The number of benzene rings is 1. The summed E-state index contributed by atoms with van der Waals surface area (Å²) in [7, 11) is 1.80. The third-order valence-electron chi connectivity index (χ3n) is 5.86. The number of nitrogens with zero attached hydrogens (tertiary/aromatic N) is 4. The summed E-state index contributed by atoms with van der Waals surface area (Å²) in [6.45, 7) is 7.83. The molecule has 0 radical (unpaired) electrons. The van der Waals surface area contributed by atoms with Crippen molar-refractivity contribution >= 4 is 34.1 Å². The van der Waals surface area contributed by atoms with Gasteiger partial charge in [-0.1, -0.05) is 23.2 Å². The maximum atomic E-state index is 12.9. The summed E-state index contributed by atoms with van der Waals surface area (Å²) >= 11 is 12.2. The second-order valence-corrected chi connectivity index (χ2v) is 8.53. The van der Waals surface area contributed by atoms with E-state index < -0.39 is 0 Å². The number of hydrogen-bond donors (Lipinski definition) is 0. The first kappa shape index (κ1) is 20.1. The number of piperidine rings is 1. The number of rotatable bonds is 4. The van der Waals surface area contributed by atoms with Gasteiger partial charge in [-0.3, -0.25) is 14.3 Å². The summed E-state index contributed by atoms with van der Waals surface area (Å²) in [5, 5.41) is 1.32. The zero-order valence-corrected chi connectivity index (χ0v) is 17.7. The predicted octanol–water partition coefficient (Wildman–Crippen LogP) is 2.75. The van der Waals surface area contributed by atoms with Crippen LogP contribution in [0.15, 0.2) is 16.9 Å². The molecule has 0 spiro atoms. The lowest BCUT2D eigenvalue weighted by Crippen LogP contribution is -2.44. The number of likely N-dealkylation sites (tertiary alicyclic amines) is 1. The number of morpholine rings is 1. The van der Waals surface area contributed by atoms with Crippen LogP contribution in [0.25, 0.3) is 10.9 Å². The van der Waals surface area contributed by atoms with E-state index in [2.05, 4.69) is 9.80 Å². The summed E-state index contributed by atoms with van der Waals surface area (Å²) in [5.41, 5.74) is 0.557. The largest absolute Gasteiger partial charge is 0.379 e. The lowest BCUT2D eigenvalue weighted by molar-refractivity contribution is 0.0318. The molecule has 2 fully saturated rings. The van der Waals surface area contributed by atoms with Crippen molar-refractivity contribution in [2.24, 2.45) is 7.05 Å². The van der Waals surface area contributed by atoms with Crippen LogP contribution in [-0.4, -0.2) is 71.8 Å². The Labute approximate surface area is 175 Å². The highest BCUT2D eigenvalue weighted by Crippen LogP contribution is 2.29. The second-order valence-electron chi connectivity index (χ2n) is 7.71. The maximum absolute atomic E-state index is 12.9. The van der Waals surface area contributed by atoms with Crippen molar-refractivity contribution in [3.05, 3.63) is 38.4 Å². The molecule has 1 aromatic carbocycles. The first-order chi connectivity index (χ1) is 13.5. The lowest BCUT2D eigenvalue weighted by atomic mass is 9.96. The molecule has 6 nitrogen and oxygen atoms in total. The highest BCUT2D eigenvalue weighted by Gasteiger charge is 2.26. The van der Waals surface area contributed by atoms with E-state index in [9.17, 15) is 4.79 Å². The molecule has 0 amide bonds. The fourth-order valence-corrected chi connectivity index (χ4v) is 4.55. The molecule has 2 aliphatic rings. The van der Waals surface area contributed by atoms with Crippen molar-refractivity contribution < 1.29 is 4.74 Å². The first-order valence-corrected chi connectivity index (χ1v) is 10.7. The highest BCUT2D eigenvalue weighted by atomic mass is 35.5. The fraction of sp³-hybridized carbons (Fsp3) is 0.600. The van der Waals surface area contributed by atoms with Crippen LogP contribution in [0.1, 0.15) is 24.6 Å². The van der Waals surface area contributed by atoms with Crippen LogP contribution in [0, 0.1) is 0 Å². The van der Waals surface area contributed by atoms with Crippen molar-refractivity contribution in [3.63, 3.8) is 0 Å². The Morgan fingerprint density at radius 1 is 1.11 bits per heavy atom. The molecule has 1 aromatic heterocycles. The van der Waals surface area contributed by atoms with Crippen molar-refractivity contribution in [3.8, 4) is 0 Å². The molecule has 28 heavy (non-hydrogen) atoms. The van der Waals surface area contributed by atoms with Gasteiger partial charge < -0.3 is 9.64 Å². The average molecular weight is 425 g/mol. The standard InChI is InChI=1S/C20H26Cl2N4O2/c1-24-19(23-18-12-17(22)16(21)11-15(18)20(24)27)14-3-2-4-26(13-14)6-5-25-7-9-28-10-8-25/h11-12,14H,2-10,13H2,1H3/t14-/m1/s1. The molecule has 2 aromatic rings. The molecule has 3 heterocycles. The van der Waals surface area contributed by atoms with Crippen molar-refractivity contribution in [1.29, 1.82) is 0 Å². The monoisotopic (exact) mass is 424 g/mol. The van der Waals surface area contributed by atoms with E-state index in [4.69, 9.17) is 32.9 Å². The van der Waals surface area contributed by atoms with E-state index in [0.29, 0.717) is 20.9 Å². The molecule has 0 saturated carbocycles. The van der Waals surface area contributed by atoms with Crippen LogP contribution in [0.3, 0.4) is 0 Å². The van der Waals surface area contributed by atoms with Crippen LogP contribution >= 0.6 is 23.2 Å². The van der Waals surface area contributed by atoms with Crippen LogP contribution in [-0.2, 0) is 11.8 Å². The first-order valence-electron chi connectivity index (χ1n) is 9.91. The normalized spacial score (nSPS) is 22.0. The number of fused-ring (bicyclic) bond motifs is 1. The van der Waals surface area contributed by atoms with Gasteiger partial charge in [0, 0.05) is 45.7 Å². The molecular formula is C20H26Cl2N4O2. The molecule has 4 rings (SSSR count). The minimum Gasteiger partial charge on any atom is -0.379 e. The number of ether oxygens (including phenoxy) is 1. The van der Waals surface area contributed by atoms with Crippen LogP contribution in [0.4, 0.5) is 0 Å². The molecule has 8 heteroatoms. The third-order valence-corrected chi connectivity index (χ3v) is 6.58. The van der Waals surface area contributed by atoms with Gasteiger partial charge in [0.1, 0.15) is 5.82 Å². The molecule has 152 valence electrons. The van der Waals surface area contributed by atoms with E-state index in [0.717, 1.165) is 71.1 Å². The second kappa shape index (κ2) is 8.67. The summed E-state index contributed by atoms with van der Waals surface area (Å²) in [4.78, 5) is 22.6. The molecule has 0 aliphatic carbocycles. The van der Waals surface area contributed by atoms with E-state index in [1.807, 2.05) is 0 Å². The Balaban J connectivity index is 1.52. The summed E-state index contributed by atoms with van der Waals surface area (Å²) in [6.07, 6.45) is 2.16. The van der Waals surface area contributed by atoms with Gasteiger partial charge in [-0.25, -0.2) is 4.98 Å². The Bertz CT molecular complexity index is 911. The van der Waals surface area contributed by atoms with Crippen LogP contribution in [0.2, 0.25) is 10.0 Å². The smallest absolute Gasteiger partial charge is 0.261 e. The zero-order chi connectivity index (χ0) is 19.7. The van der Waals surface area contributed by atoms with Crippen LogP contribution in [0.5, 0.6) is 0 Å². The van der Waals surface area contributed by atoms with Gasteiger partial charge in [-0.2, -0.15) is 0 Å². The van der Waals surface area contributed by atoms with Crippen molar-refractivity contribution in [2.45, 2.75) is 18.8 Å². The summed E-state index contributed by atoms with van der Waals surface area (Å²) in [5.74, 6) is 1.09. The minimum absolute atomic E-state index is 0.0657. The minimum atomic E-state index is -0.0657. The Hall–Kier alpha value is -1.18. The molecule has 1 atom stereocenters. The molecule has 2 aliphatic heterocycles. The Morgan fingerprint density at radius 3 is 2.61 bits per heavy atom. The van der Waals surface area contributed by atoms with E-state index in [1.54, 1.807) is 23.7 Å². The number of halogens is 2. The van der Waals surface area contributed by atoms with Gasteiger partial charge in [0.25, 0.3) is 5.56 Å². The Kier molecular flexibility index (Phi) is 6.23. The van der Waals surface area contributed by atoms with Gasteiger partial charge in [-0.15, -0.1) is 0 Å². The van der Waals surface area contributed by atoms with Gasteiger partial charge in [0.05, 0.1) is 34.2 Å². The molecular weight excluding hydrogens is 399 g/mol. The van der Waals surface area contributed by atoms with E-state index in [1.165, 1.54) is 0 Å². The number of aromatic nitrogens is 2. The fourth-order valence-electron chi connectivity index (χ4n) is 4.23. The van der Waals surface area contributed by atoms with Crippen molar-refractivity contribution in [2.75, 3.05) is 52.5 Å². The zero-order valence-electron chi connectivity index (χ0n) is 16.2. The van der Waals surface area contributed by atoms with Crippen LogP contribution < -0.4 is 5.56 Å². The average Bonchev–Trinajstić information content (AvgIpc) is 2.72. The van der Waals surface area contributed by atoms with Gasteiger partial charge in [-0.05, 0) is 31.5 Å². The van der Waals surface area contributed by atoms with Crippen molar-refractivity contribution in [1.82, 2.24) is 19.4 Å². The quantitative estimate of drug-likeness (QED) is 0.754. The third kappa shape index (κ3) is 4.21. The van der Waals surface area contributed by atoms with Gasteiger partial charge in [0.15, 0.2) is 0 Å². The van der Waals surface area contributed by atoms with E-state index in [-0.39, 0.29) is 11.5 Å². The topological polar surface area (TPSA) is 50.6 Å². The van der Waals surface area contributed by atoms with E-state index >= 15 is 0 Å². The van der Waals surface area contributed by atoms with Gasteiger partial charge >= 0.3 is 0 Å². The predicted molar refractivity (Wildman–Crippen MR) is 113 cm³/mol. The maximum Gasteiger partial charge on any atom is 0.261 e.